The smallest absolute Gasteiger partial charge is 0.115 e. The van der Waals surface area contributed by atoms with E-state index in [1.54, 1.807) is 36.4 Å². The molecule has 264 valence electrons. The average Bonchev–Trinajstić information content (AvgIpc) is 3.13. The molecule has 0 bridgehead atoms. The molecule has 2 aliphatic rings. The van der Waals surface area contributed by atoms with Gasteiger partial charge in [-0.1, -0.05) is 102 Å². The Hall–Kier alpha value is -4.44. The predicted octanol–water partition coefficient (Wildman–Crippen LogP) is 11.9. The van der Waals surface area contributed by atoms with Gasteiger partial charge in [0.1, 0.15) is 23.0 Å². The van der Waals surface area contributed by atoms with Crippen LogP contribution >= 0.6 is 0 Å². The van der Waals surface area contributed by atoms with E-state index in [0.717, 1.165) is 44.9 Å². The lowest BCUT2D eigenvalue weighted by molar-refractivity contribution is 0.200. The summed E-state index contributed by atoms with van der Waals surface area (Å²) < 4.78 is 0. The van der Waals surface area contributed by atoms with Crippen LogP contribution in [0.2, 0.25) is 0 Å². The van der Waals surface area contributed by atoms with E-state index < -0.39 is 0 Å². The Kier molecular flexibility index (Phi) is 11.8. The van der Waals surface area contributed by atoms with Crippen molar-refractivity contribution in [1.82, 2.24) is 0 Å². The topological polar surface area (TPSA) is 80.9 Å². The summed E-state index contributed by atoms with van der Waals surface area (Å²) in [5.41, 5.74) is 8.08. The monoisotopic (exact) mass is 672 g/mol. The second kappa shape index (κ2) is 16.1. The Balaban J connectivity index is 0.000000194. The minimum Gasteiger partial charge on any atom is -0.508 e. The fourth-order valence-corrected chi connectivity index (χ4v) is 8.47. The molecular weight excluding hydrogens is 617 g/mol. The fraction of sp³-hybridized carbons (Fsp3) is 0.391. The normalized spacial score (nSPS) is 20.0. The van der Waals surface area contributed by atoms with Crippen molar-refractivity contribution in [3.8, 4) is 23.0 Å². The zero-order valence-electron chi connectivity index (χ0n) is 30.6. The molecule has 0 fully saturated rings. The first kappa shape index (κ1) is 36.8. The maximum Gasteiger partial charge on any atom is 0.115 e. The van der Waals surface area contributed by atoms with Crippen molar-refractivity contribution in [3.63, 3.8) is 0 Å². The molecule has 4 N–H and O–H groups in total. The lowest BCUT2D eigenvalue weighted by Gasteiger charge is -2.43. The molecular formula is C46H56O4. The maximum atomic E-state index is 9.62. The van der Waals surface area contributed by atoms with Crippen LogP contribution in [0, 0.1) is 17.8 Å². The van der Waals surface area contributed by atoms with Crippen molar-refractivity contribution >= 4 is 11.1 Å². The SMILES string of the molecule is CC(C)C(C)(c1ccc(O)cc1)C1CC=C(c2ccc(O)cc2)CC1.CCCC(C)(c1ccc(O)cc1)C1CC=C(c2ccc(O)cc2)CC1. The molecule has 0 amide bonds. The molecule has 0 radical (unpaired) electrons. The summed E-state index contributed by atoms with van der Waals surface area (Å²) in [6, 6.07) is 30.6. The molecule has 4 atom stereocenters. The van der Waals surface area contributed by atoms with E-state index >= 15 is 0 Å². The molecule has 0 saturated heterocycles. The number of hydrogen-bond acceptors (Lipinski definition) is 4. The first-order chi connectivity index (χ1) is 23.9. The second-order valence-corrected chi connectivity index (χ2v) is 15.2. The van der Waals surface area contributed by atoms with Gasteiger partial charge in [-0.25, -0.2) is 0 Å². The summed E-state index contributed by atoms with van der Waals surface area (Å²) in [4.78, 5) is 0. The van der Waals surface area contributed by atoms with Crippen LogP contribution in [0.25, 0.3) is 11.1 Å². The quantitative estimate of drug-likeness (QED) is 0.143. The van der Waals surface area contributed by atoms with Gasteiger partial charge in [-0.05, 0) is 155 Å². The second-order valence-electron chi connectivity index (χ2n) is 15.2. The molecule has 4 heteroatoms. The molecule has 6 rings (SSSR count). The Morgan fingerprint density at radius 2 is 0.940 bits per heavy atom. The minimum atomic E-state index is 0.0880. The summed E-state index contributed by atoms with van der Waals surface area (Å²) in [6.07, 6.45) is 13.7. The largest absolute Gasteiger partial charge is 0.508 e. The summed E-state index contributed by atoms with van der Waals surface area (Å²) in [7, 11) is 0. The van der Waals surface area contributed by atoms with Crippen LogP contribution in [-0.2, 0) is 10.8 Å². The molecule has 2 aliphatic carbocycles. The van der Waals surface area contributed by atoms with Crippen LogP contribution < -0.4 is 0 Å². The van der Waals surface area contributed by atoms with Crippen LogP contribution in [0.3, 0.4) is 0 Å². The molecule has 4 aromatic carbocycles. The van der Waals surface area contributed by atoms with Gasteiger partial charge in [-0.2, -0.15) is 0 Å². The molecule has 4 unspecified atom stereocenters. The maximum absolute atomic E-state index is 9.62. The van der Waals surface area contributed by atoms with E-state index in [0.29, 0.717) is 40.8 Å². The number of rotatable bonds is 9. The van der Waals surface area contributed by atoms with Crippen molar-refractivity contribution in [2.75, 3.05) is 0 Å². The highest BCUT2D eigenvalue weighted by Gasteiger charge is 2.39. The lowest BCUT2D eigenvalue weighted by atomic mass is 9.61. The third-order valence-electron chi connectivity index (χ3n) is 12.0. The van der Waals surface area contributed by atoms with Crippen LogP contribution in [0.5, 0.6) is 23.0 Å². The molecule has 50 heavy (non-hydrogen) atoms. The highest BCUT2D eigenvalue weighted by Crippen LogP contribution is 2.47. The Labute approximate surface area is 299 Å². The number of phenolic OH excluding ortho intramolecular Hbond substituents is 4. The van der Waals surface area contributed by atoms with Gasteiger partial charge in [0, 0.05) is 0 Å². The Morgan fingerprint density at radius 1 is 0.560 bits per heavy atom. The predicted molar refractivity (Wildman–Crippen MR) is 208 cm³/mol. The van der Waals surface area contributed by atoms with E-state index in [1.807, 2.05) is 36.4 Å². The van der Waals surface area contributed by atoms with Gasteiger partial charge in [-0.15, -0.1) is 0 Å². The lowest BCUT2D eigenvalue weighted by Crippen LogP contribution is -2.38. The first-order valence-corrected chi connectivity index (χ1v) is 18.5. The molecule has 0 aliphatic heterocycles. The van der Waals surface area contributed by atoms with Gasteiger partial charge in [-0.3, -0.25) is 0 Å². The molecule has 0 saturated carbocycles. The van der Waals surface area contributed by atoms with Crippen LogP contribution in [0.15, 0.2) is 109 Å². The Morgan fingerprint density at radius 3 is 1.30 bits per heavy atom. The van der Waals surface area contributed by atoms with Crippen molar-refractivity contribution in [2.45, 2.75) is 96.8 Å². The van der Waals surface area contributed by atoms with E-state index in [4.69, 9.17) is 0 Å². The van der Waals surface area contributed by atoms with Crippen LogP contribution in [0.1, 0.15) is 108 Å². The minimum absolute atomic E-state index is 0.0880. The fourth-order valence-electron chi connectivity index (χ4n) is 8.47. The zero-order chi connectivity index (χ0) is 35.9. The van der Waals surface area contributed by atoms with Crippen LogP contribution in [0.4, 0.5) is 0 Å². The zero-order valence-corrected chi connectivity index (χ0v) is 30.6. The van der Waals surface area contributed by atoms with Gasteiger partial charge in [0.2, 0.25) is 0 Å². The van der Waals surface area contributed by atoms with E-state index in [9.17, 15) is 20.4 Å². The number of phenols is 4. The Bertz CT molecular complexity index is 1730. The number of allylic oxidation sites excluding steroid dienone is 4. The summed E-state index contributed by atoms with van der Waals surface area (Å²) in [6.45, 7) is 11.6. The van der Waals surface area contributed by atoms with Crippen molar-refractivity contribution < 1.29 is 20.4 Å². The molecule has 0 heterocycles. The van der Waals surface area contributed by atoms with Crippen molar-refractivity contribution in [2.24, 2.45) is 17.8 Å². The standard InChI is InChI=1S/2C23H28O2/c1-16(2)23(3,20-10-14-22(25)15-11-20)19-8-4-17(5-9-19)18-6-12-21(24)13-7-18;1-3-16-23(2,20-10-14-22(25)15-11-20)19-8-4-17(5-9-19)18-6-12-21(24)13-7-18/h4,6-7,10-16,19,24-25H,5,8-9H2,1-3H3;4,6-7,10-15,19,24-25H,3,5,8-9,16H2,1-2H3. The van der Waals surface area contributed by atoms with E-state index in [-0.39, 0.29) is 10.8 Å². The molecule has 4 aromatic rings. The number of aromatic hydroxyl groups is 4. The van der Waals surface area contributed by atoms with Gasteiger partial charge >= 0.3 is 0 Å². The third kappa shape index (κ3) is 8.29. The van der Waals surface area contributed by atoms with Gasteiger partial charge in [0.05, 0.1) is 0 Å². The molecule has 4 nitrogen and oxygen atoms in total. The van der Waals surface area contributed by atoms with E-state index in [1.165, 1.54) is 39.8 Å². The summed E-state index contributed by atoms with van der Waals surface area (Å²) in [5, 5.41) is 38.2. The first-order valence-electron chi connectivity index (χ1n) is 18.5. The van der Waals surface area contributed by atoms with Gasteiger partial charge < -0.3 is 20.4 Å². The van der Waals surface area contributed by atoms with Crippen LogP contribution in [-0.4, -0.2) is 20.4 Å². The highest BCUT2D eigenvalue weighted by molar-refractivity contribution is 5.67. The highest BCUT2D eigenvalue weighted by atomic mass is 16.3. The van der Waals surface area contributed by atoms with Gasteiger partial charge in [0.25, 0.3) is 0 Å². The average molecular weight is 673 g/mol. The third-order valence-corrected chi connectivity index (χ3v) is 12.0. The summed E-state index contributed by atoms with van der Waals surface area (Å²) >= 11 is 0. The van der Waals surface area contributed by atoms with Crippen molar-refractivity contribution in [1.29, 1.82) is 0 Å². The van der Waals surface area contributed by atoms with Crippen molar-refractivity contribution in [3.05, 3.63) is 131 Å². The van der Waals surface area contributed by atoms with Gasteiger partial charge in [0.15, 0.2) is 0 Å². The molecule has 0 aromatic heterocycles. The van der Waals surface area contributed by atoms with E-state index in [2.05, 4.69) is 71.0 Å². The number of benzene rings is 4. The summed E-state index contributed by atoms with van der Waals surface area (Å²) in [5.74, 6) is 3.01. The number of hydrogen-bond donors (Lipinski definition) is 4. The molecule has 0 spiro atoms.